The number of ether oxygens (including phenoxy) is 1. The van der Waals surface area contributed by atoms with Gasteiger partial charge in [0.25, 0.3) is 0 Å². The molecule has 134 valence electrons. The highest BCUT2D eigenvalue weighted by atomic mass is 16.6. The Bertz CT molecular complexity index is 586. The van der Waals surface area contributed by atoms with Crippen LogP contribution in [0, 0.1) is 34.5 Å². The van der Waals surface area contributed by atoms with Gasteiger partial charge in [-0.2, -0.15) is 0 Å². The van der Waals surface area contributed by atoms with Gasteiger partial charge in [-0.05, 0) is 61.2 Å². The lowest BCUT2D eigenvalue weighted by Crippen LogP contribution is -2.57. The molecule has 2 N–H and O–H groups in total. The van der Waals surface area contributed by atoms with Gasteiger partial charge < -0.3 is 14.9 Å². The van der Waals surface area contributed by atoms with Gasteiger partial charge in [0.2, 0.25) is 0 Å². The van der Waals surface area contributed by atoms with Crippen LogP contribution in [0.25, 0.3) is 0 Å². The van der Waals surface area contributed by atoms with E-state index in [1.165, 1.54) is 37.7 Å². The fraction of sp³-hybridized carbons (Fsp3) is 0.905. The molecule has 24 heavy (non-hydrogen) atoms. The first-order chi connectivity index (χ1) is 11.4. The summed E-state index contributed by atoms with van der Waals surface area (Å²) in [5.41, 5.74) is 1.74. The fourth-order valence-electron chi connectivity index (χ4n) is 7.84. The van der Waals surface area contributed by atoms with Gasteiger partial charge in [-0.1, -0.05) is 38.8 Å². The van der Waals surface area contributed by atoms with Crippen LogP contribution in [0.1, 0.15) is 59.3 Å². The minimum absolute atomic E-state index is 0.00919. The average Bonchev–Trinajstić information content (AvgIpc) is 3.28. The highest BCUT2D eigenvalue weighted by Crippen LogP contribution is 2.69. The summed E-state index contributed by atoms with van der Waals surface area (Å²) in [5, 5.41) is 21.3. The van der Waals surface area contributed by atoms with Gasteiger partial charge in [0, 0.05) is 5.41 Å². The first-order valence-corrected chi connectivity index (χ1v) is 10.1. The normalized spacial score (nSPS) is 61.3. The maximum Gasteiger partial charge on any atom is 0.114 e. The van der Waals surface area contributed by atoms with Crippen LogP contribution >= 0.6 is 0 Å². The Hall–Kier alpha value is -0.380. The van der Waals surface area contributed by atoms with E-state index in [1.807, 2.05) is 6.08 Å². The molecule has 4 fully saturated rings. The summed E-state index contributed by atoms with van der Waals surface area (Å²) in [6, 6.07) is 0. The molecule has 3 saturated carbocycles. The number of aliphatic hydroxyl groups is 2. The number of fused-ring (bicyclic) bond motifs is 7. The van der Waals surface area contributed by atoms with Gasteiger partial charge in [-0.3, -0.25) is 0 Å². The van der Waals surface area contributed by atoms with E-state index in [9.17, 15) is 10.2 Å². The summed E-state index contributed by atoms with van der Waals surface area (Å²) in [6.45, 7) is 7.22. The Morgan fingerprint density at radius 2 is 1.96 bits per heavy atom. The number of hydrogen-bond donors (Lipinski definition) is 2. The van der Waals surface area contributed by atoms with Crippen LogP contribution in [-0.4, -0.2) is 34.6 Å². The fourth-order valence-corrected chi connectivity index (χ4v) is 7.84. The van der Waals surface area contributed by atoms with Crippen molar-refractivity contribution in [3.63, 3.8) is 0 Å². The summed E-state index contributed by atoms with van der Waals surface area (Å²) in [7, 11) is 0. The lowest BCUT2D eigenvalue weighted by molar-refractivity contribution is -0.111. The molecule has 5 rings (SSSR count). The van der Waals surface area contributed by atoms with E-state index in [1.54, 1.807) is 0 Å². The van der Waals surface area contributed by atoms with Crippen LogP contribution in [0.15, 0.2) is 11.6 Å². The maximum atomic E-state index is 11.1. The smallest absolute Gasteiger partial charge is 0.114 e. The van der Waals surface area contributed by atoms with E-state index in [-0.39, 0.29) is 23.7 Å². The van der Waals surface area contributed by atoms with Crippen molar-refractivity contribution in [2.75, 3.05) is 0 Å². The van der Waals surface area contributed by atoms with Gasteiger partial charge in [0.1, 0.15) is 12.2 Å². The minimum Gasteiger partial charge on any atom is -0.392 e. The van der Waals surface area contributed by atoms with E-state index in [4.69, 9.17) is 4.74 Å². The second kappa shape index (κ2) is 4.86. The Balaban J connectivity index is 1.54. The molecule has 0 bridgehead atoms. The molecule has 0 aromatic heterocycles. The van der Waals surface area contributed by atoms with E-state index < -0.39 is 6.10 Å². The molecule has 0 aromatic rings. The molecule has 1 heterocycles. The lowest BCUT2D eigenvalue weighted by Gasteiger charge is -2.59. The summed E-state index contributed by atoms with van der Waals surface area (Å²) < 4.78 is 5.94. The van der Waals surface area contributed by atoms with Crippen LogP contribution in [0.4, 0.5) is 0 Å². The Kier molecular flexibility index (Phi) is 3.21. The molecule has 10 atom stereocenters. The summed E-state index contributed by atoms with van der Waals surface area (Å²) in [4.78, 5) is 0. The van der Waals surface area contributed by atoms with Crippen LogP contribution in [0.3, 0.4) is 0 Å². The summed E-state index contributed by atoms with van der Waals surface area (Å²) in [6.07, 6.45) is 8.67. The quantitative estimate of drug-likeness (QED) is 0.572. The molecular weight excluding hydrogens is 300 g/mol. The van der Waals surface area contributed by atoms with Crippen molar-refractivity contribution in [2.45, 2.75) is 83.7 Å². The van der Waals surface area contributed by atoms with Crippen molar-refractivity contribution >= 4 is 0 Å². The Morgan fingerprint density at radius 1 is 1.17 bits per heavy atom. The molecular formula is C21H32O3. The molecule has 5 aliphatic rings. The third kappa shape index (κ3) is 1.74. The van der Waals surface area contributed by atoms with Crippen molar-refractivity contribution in [2.24, 2.45) is 34.5 Å². The van der Waals surface area contributed by atoms with E-state index in [2.05, 4.69) is 20.8 Å². The van der Waals surface area contributed by atoms with Crippen molar-refractivity contribution in [1.82, 2.24) is 0 Å². The largest absolute Gasteiger partial charge is 0.392 e. The molecule has 4 aliphatic carbocycles. The van der Waals surface area contributed by atoms with E-state index in [0.717, 1.165) is 12.3 Å². The maximum absolute atomic E-state index is 11.1. The van der Waals surface area contributed by atoms with Crippen LogP contribution in [0.5, 0.6) is 0 Å². The molecule has 0 amide bonds. The van der Waals surface area contributed by atoms with Crippen molar-refractivity contribution < 1.29 is 14.9 Å². The van der Waals surface area contributed by atoms with Crippen molar-refractivity contribution in [3.8, 4) is 0 Å². The number of rotatable bonds is 1. The SMILES string of the molecule is CC[C@H]1CC[C@H]2[C@@H]3[C@H](O)CC4=C[C@@H](O)[C@@H]5O[C@@H]5[C@]4(C)[C@H]3CC[C@]12C. The molecule has 0 aromatic carbocycles. The highest BCUT2D eigenvalue weighted by Gasteiger charge is 2.68. The summed E-state index contributed by atoms with van der Waals surface area (Å²) >= 11 is 0. The van der Waals surface area contributed by atoms with Crippen LogP contribution in [0.2, 0.25) is 0 Å². The van der Waals surface area contributed by atoms with Crippen LogP contribution < -0.4 is 0 Å². The zero-order valence-corrected chi connectivity index (χ0v) is 15.2. The second-order valence-corrected chi connectivity index (χ2v) is 9.78. The average molecular weight is 332 g/mol. The van der Waals surface area contributed by atoms with Gasteiger partial charge in [-0.25, -0.2) is 0 Å². The third-order valence-electron chi connectivity index (χ3n) is 9.18. The van der Waals surface area contributed by atoms with Gasteiger partial charge in [-0.15, -0.1) is 0 Å². The molecule has 3 heteroatoms. The Morgan fingerprint density at radius 3 is 2.71 bits per heavy atom. The number of hydrogen-bond acceptors (Lipinski definition) is 3. The molecule has 0 spiro atoms. The second-order valence-electron chi connectivity index (χ2n) is 9.78. The Labute approximate surface area is 145 Å². The molecule has 0 radical (unpaired) electrons. The molecule has 1 saturated heterocycles. The monoisotopic (exact) mass is 332 g/mol. The first-order valence-electron chi connectivity index (χ1n) is 10.1. The zero-order chi connectivity index (χ0) is 16.9. The lowest BCUT2D eigenvalue weighted by atomic mass is 9.46. The van der Waals surface area contributed by atoms with Gasteiger partial charge in [0.05, 0.1) is 12.2 Å². The van der Waals surface area contributed by atoms with E-state index >= 15 is 0 Å². The zero-order valence-electron chi connectivity index (χ0n) is 15.2. The molecule has 0 unspecified atom stereocenters. The third-order valence-corrected chi connectivity index (χ3v) is 9.18. The standard InChI is InChI=1S/C21H32O3/c1-4-11-5-6-13-17-14(7-8-20(11,13)2)21(3)12(9-15(17)22)10-16(23)18-19(21)24-18/h10-11,13-19,22-23H,4-9H2,1-3H3/t11-,13-,14-,15+,16+,17-,18-,19-,20+,21-/m0/s1. The predicted molar refractivity (Wildman–Crippen MR) is 92.3 cm³/mol. The predicted octanol–water partition coefficient (Wildman–Crippen LogP) is 3.29. The van der Waals surface area contributed by atoms with Crippen molar-refractivity contribution in [3.05, 3.63) is 11.6 Å². The molecule has 1 aliphatic heterocycles. The highest BCUT2D eigenvalue weighted by molar-refractivity contribution is 5.34. The summed E-state index contributed by atoms with van der Waals surface area (Å²) in [5.74, 6) is 2.43. The molecule has 3 nitrogen and oxygen atoms in total. The number of epoxide rings is 1. The first kappa shape index (κ1) is 15.8. The van der Waals surface area contributed by atoms with Crippen molar-refractivity contribution in [1.29, 1.82) is 0 Å². The van der Waals surface area contributed by atoms with Gasteiger partial charge >= 0.3 is 0 Å². The van der Waals surface area contributed by atoms with Crippen LogP contribution in [-0.2, 0) is 4.74 Å². The topological polar surface area (TPSA) is 53.0 Å². The van der Waals surface area contributed by atoms with Gasteiger partial charge in [0.15, 0.2) is 0 Å². The van der Waals surface area contributed by atoms with E-state index in [0.29, 0.717) is 23.2 Å². The minimum atomic E-state index is -0.466. The number of aliphatic hydroxyl groups excluding tert-OH is 2.